The fourth-order valence-electron chi connectivity index (χ4n) is 3.44. The zero-order valence-corrected chi connectivity index (χ0v) is 14.1. The molecule has 1 unspecified atom stereocenters. The highest BCUT2D eigenvalue weighted by Crippen LogP contribution is 2.34. The van der Waals surface area contributed by atoms with Gasteiger partial charge in [-0.05, 0) is 56.9 Å². The van der Waals surface area contributed by atoms with Crippen LogP contribution in [0, 0.1) is 13.8 Å². The minimum atomic E-state index is -0.316. The van der Waals surface area contributed by atoms with Crippen LogP contribution in [0.3, 0.4) is 0 Å². The molecule has 0 bridgehead atoms. The molecule has 1 heterocycles. The first-order chi connectivity index (χ1) is 11.0. The van der Waals surface area contributed by atoms with E-state index in [1.54, 1.807) is 4.90 Å². The molecule has 1 aliphatic carbocycles. The molecule has 124 valence electrons. The molecular weight excluding hydrogens is 290 g/mol. The Morgan fingerprint density at radius 3 is 2.61 bits per heavy atom. The SMILES string of the molecule is Cc1cc2c(cc1C)N(CC(=O)NC1CCCC1)C(=O)C(C)N2. The summed E-state index contributed by atoms with van der Waals surface area (Å²) in [5, 5.41) is 6.30. The molecule has 0 saturated heterocycles. The van der Waals surface area contributed by atoms with Crippen LogP contribution in [-0.2, 0) is 9.59 Å². The fraction of sp³-hybridized carbons (Fsp3) is 0.556. The number of benzene rings is 1. The number of carbonyl (C=O) groups excluding carboxylic acids is 2. The van der Waals surface area contributed by atoms with Gasteiger partial charge in [0, 0.05) is 6.04 Å². The van der Waals surface area contributed by atoms with Crippen molar-refractivity contribution in [1.29, 1.82) is 0 Å². The summed E-state index contributed by atoms with van der Waals surface area (Å²) < 4.78 is 0. The van der Waals surface area contributed by atoms with E-state index in [0.717, 1.165) is 29.8 Å². The zero-order chi connectivity index (χ0) is 16.6. The Kier molecular flexibility index (Phi) is 4.28. The van der Waals surface area contributed by atoms with Gasteiger partial charge in [-0.1, -0.05) is 12.8 Å². The van der Waals surface area contributed by atoms with Crippen LogP contribution >= 0.6 is 0 Å². The summed E-state index contributed by atoms with van der Waals surface area (Å²) in [5.74, 6) is -0.120. The molecule has 0 spiro atoms. The van der Waals surface area contributed by atoms with Crippen LogP contribution in [0.25, 0.3) is 0 Å². The molecule has 2 amide bonds. The summed E-state index contributed by atoms with van der Waals surface area (Å²) in [4.78, 5) is 26.5. The maximum absolute atomic E-state index is 12.5. The van der Waals surface area contributed by atoms with Crippen molar-refractivity contribution in [1.82, 2.24) is 5.32 Å². The molecular formula is C18H25N3O2. The van der Waals surface area contributed by atoms with Crippen molar-refractivity contribution in [3.63, 3.8) is 0 Å². The van der Waals surface area contributed by atoms with Crippen LogP contribution in [0.4, 0.5) is 11.4 Å². The van der Waals surface area contributed by atoms with Crippen molar-refractivity contribution >= 4 is 23.2 Å². The number of hydrogen-bond donors (Lipinski definition) is 2. The smallest absolute Gasteiger partial charge is 0.249 e. The molecule has 23 heavy (non-hydrogen) atoms. The highest BCUT2D eigenvalue weighted by Gasteiger charge is 2.31. The predicted octanol–water partition coefficient (Wildman–Crippen LogP) is 2.51. The molecule has 3 rings (SSSR count). The van der Waals surface area contributed by atoms with E-state index in [4.69, 9.17) is 0 Å². The first-order valence-corrected chi connectivity index (χ1v) is 8.44. The molecule has 1 fully saturated rings. The summed E-state index contributed by atoms with van der Waals surface area (Å²) in [6, 6.07) is 4.00. The van der Waals surface area contributed by atoms with E-state index in [9.17, 15) is 9.59 Å². The molecule has 2 aliphatic rings. The molecule has 1 aliphatic heterocycles. The average Bonchev–Trinajstić information content (AvgIpc) is 2.99. The van der Waals surface area contributed by atoms with Crippen LogP contribution in [-0.4, -0.2) is 30.4 Å². The summed E-state index contributed by atoms with van der Waals surface area (Å²) in [5.41, 5.74) is 4.02. The number of aryl methyl sites for hydroxylation is 2. The lowest BCUT2D eigenvalue weighted by atomic mass is 10.0. The Hall–Kier alpha value is -2.04. The van der Waals surface area contributed by atoms with Gasteiger partial charge in [-0.3, -0.25) is 14.5 Å². The Balaban J connectivity index is 1.81. The Morgan fingerprint density at radius 1 is 1.26 bits per heavy atom. The van der Waals surface area contributed by atoms with E-state index >= 15 is 0 Å². The van der Waals surface area contributed by atoms with Gasteiger partial charge in [0.2, 0.25) is 11.8 Å². The third kappa shape index (κ3) is 3.19. The Bertz CT molecular complexity index is 635. The molecule has 0 aromatic heterocycles. The minimum absolute atomic E-state index is 0.0534. The predicted molar refractivity (Wildman–Crippen MR) is 91.8 cm³/mol. The second kappa shape index (κ2) is 6.22. The van der Waals surface area contributed by atoms with Crippen LogP contribution in [0.1, 0.15) is 43.7 Å². The second-order valence-electron chi connectivity index (χ2n) is 6.79. The van der Waals surface area contributed by atoms with Gasteiger partial charge in [-0.2, -0.15) is 0 Å². The maximum Gasteiger partial charge on any atom is 0.249 e. The molecule has 0 radical (unpaired) electrons. The van der Waals surface area contributed by atoms with E-state index in [2.05, 4.69) is 23.6 Å². The van der Waals surface area contributed by atoms with Gasteiger partial charge in [-0.15, -0.1) is 0 Å². The van der Waals surface area contributed by atoms with E-state index in [1.807, 2.05) is 19.9 Å². The van der Waals surface area contributed by atoms with Crippen molar-refractivity contribution in [3.8, 4) is 0 Å². The van der Waals surface area contributed by atoms with Crippen LogP contribution < -0.4 is 15.5 Å². The van der Waals surface area contributed by atoms with Crippen molar-refractivity contribution in [2.75, 3.05) is 16.8 Å². The van der Waals surface area contributed by atoms with Gasteiger partial charge >= 0.3 is 0 Å². The quantitative estimate of drug-likeness (QED) is 0.901. The van der Waals surface area contributed by atoms with E-state index < -0.39 is 0 Å². The van der Waals surface area contributed by atoms with Crippen molar-refractivity contribution in [3.05, 3.63) is 23.3 Å². The maximum atomic E-state index is 12.5. The van der Waals surface area contributed by atoms with Crippen LogP contribution in [0.15, 0.2) is 12.1 Å². The fourth-order valence-corrected chi connectivity index (χ4v) is 3.44. The Labute approximate surface area is 137 Å². The third-order valence-corrected chi connectivity index (χ3v) is 4.93. The lowest BCUT2D eigenvalue weighted by molar-refractivity contribution is -0.124. The highest BCUT2D eigenvalue weighted by atomic mass is 16.2. The molecule has 1 saturated carbocycles. The molecule has 1 atom stereocenters. The van der Waals surface area contributed by atoms with Crippen molar-refractivity contribution < 1.29 is 9.59 Å². The minimum Gasteiger partial charge on any atom is -0.372 e. The number of nitrogens with zero attached hydrogens (tertiary/aromatic N) is 1. The van der Waals surface area contributed by atoms with E-state index in [1.165, 1.54) is 18.4 Å². The van der Waals surface area contributed by atoms with Gasteiger partial charge < -0.3 is 10.6 Å². The average molecular weight is 315 g/mol. The van der Waals surface area contributed by atoms with Gasteiger partial charge in [0.15, 0.2) is 0 Å². The molecule has 1 aromatic carbocycles. The summed E-state index contributed by atoms with van der Waals surface area (Å²) in [6.45, 7) is 6.00. The highest BCUT2D eigenvalue weighted by molar-refractivity contribution is 6.07. The third-order valence-electron chi connectivity index (χ3n) is 4.93. The largest absolute Gasteiger partial charge is 0.372 e. The first kappa shape index (κ1) is 15.8. The van der Waals surface area contributed by atoms with Gasteiger partial charge in [0.1, 0.15) is 12.6 Å². The number of carbonyl (C=O) groups is 2. The molecule has 5 heteroatoms. The lowest BCUT2D eigenvalue weighted by Crippen LogP contribution is -2.50. The van der Waals surface area contributed by atoms with Crippen molar-refractivity contribution in [2.45, 2.75) is 58.5 Å². The number of hydrogen-bond acceptors (Lipinski definition) is 3. The van der Waals surface area contributed by atoms with Crippen molar-refractivity contribution in [2.24, 2.45) is 0 Å². The van der Waals surface area contributed by atoms with Gasteiger partial charge in [-0.25, -0.2) is 0 Å². The first-order valence-electron chi connectivity index (χ1n) is 8.44. The number of fused-ring (bicyclic) bond motifs is 1. The standard InChI is InChI=1S/C18H25N3O2/c1-11-8-15-16(9-12(11)2)21(18(23)13(3)19-15)10-17(22)20-14-6-4-5-7-14/h8-9,13-14,19H,4-7,10H2,1-3H3,(H,20,22). The molecule has 1 aromatic rings. The lowest BCUT2D eigenvalue weighted by Gasteiger charge is -2.34. The van der Waals surface area contributed by atoms with Crippen LogP contribution in [0.2, 0.25) is 0 Å². The summed E-state index contributed by atoms with van der Waals surface area (Å²) in [7, 11) is 0. The topological polar surface area (TPSA) is 61.4 Å². The van der Waals surface area contributed by atoms with Gasteiger partial charge in [0.05, 0.1) is 11.4 Å². The molecule has 5 nitrogen and oxygen atoms in total. The van der Waals surface area contributed by atoms with Crippen LogP contribution in [0.5, 0.6) is 0 Å². The Morgan fingerprint density at radius 2 is 1.91 bits per heavy atom. The van der Waals surface area contributed by atoms with E-state index in [-0.39, 0.29) is 30.4 Å². The van der Waals surface area contributed by atoms with E-state index in [0.29, 0.717) is 0 Å². The molecule has 2 N–H and O–H groups in total. The second-order valence-corrected chi connectivity index (χ2v) is 6.79. The van der Waals surface area contributed by atoms with Gasteiger partial charge in [0.25, 0.3) is 0 Å². The number of anilines is 2. The summed E-state index contributed by atoms with van der Waals surface area (Å²) >= 11 is 0. The summed E-state index contributed by atoms with van der Waals surface area (Å²) in [6.07, 6.45) is 4.45. The number of rotatable bonds is 3. The monoisotopic (exact) mass is 315 g/mol. The number of amides is 2. The zero-order valence-electron chi connectivity index (χ0n) is 14.1. The number of nitrogens with one attached hydrogen (secondary N) is 2. The normalized spacial score (nSPS) is 21.1.